The smallest absolute Gasteiger partial charge is 0.123 e. The second-order valence-electron chi connectivity index (χ2n) is 5.64. The lowest BCUT2D eigenvalue weighted by Gasteiger charge is -2.43. The molecule has 2 nitrogen and oxygen atoms in total. The molecular formula is C15H21FO2. The van der Waals surface area contributed by atoms with E-state index in [-0.39, 0.29) is 24.3 Å². The Morgan fingerprint density at radius 3 is 2.78 bits per heavy atom. The Bertz CT molecular complexity index is 431. The van der Waals surface area contributed by atoms with Gasteiger partial charge in [0, 0.05) is 12.5 Å². The quantitative estimate of drug-likeness (QED) is 0.868. The van der Waals surface area contributed by atoms with Gasteiger partial charge in [0.2, 0.25) is 0 Å². The summed E-state index contributed by atoms with van der Waals surface area (Å²) in [6.07, 6.45) is 1.65. The van der Waals surface area contributed by atoms with E-state index in [2.05, 4.69) is 13.8 Å². The van der Waals surface area contributed by atoms with Crippen LogP contribution in [0.2, 0.25) is 0 Å². The summed E-state index contributed by atoms with van der Waals surface area (Å²) in [6.45, 7) is 4.10. The molecular weight excluding hydrogens is 231 g/mol. The van der Waals surface area contributed by atoms with E-state index in [4.69, 9.17) is 5.11 Å². The number of hydrogen-bond acceptors (Lipinski definition) is 2. The molecule has 0 radical (unpaired) electrons. The first-order valence-corrected chi connectivity index (χ1v) is 6.59. The lowest BCUT2D eigenvalue weighted by Crippen LogP contribution is -2.43. The molecule has 0 amide bonds. The summed E-state index contributed by atoms with van der Waals surface area (Å²) in [5, 5.41) is 19.9. The highest BCUT2D eigenvalue weighted by Gasteiger charge is 2.42. The highest BCUT2D eigenvalue weighted by Crippen LogP contribution is 2.45. The van der Waals surface area contributed by atoms with Gasteiger partial charge in [-0.1, -0.05) is 19.9 Å². The summed E-state index contributed by atoms with van der Waals surface area (Å²) < 4.78 is 13.3. The van der Waals surface area contributed by atoms with Crippen LogP contribution in [0.3, 0.4) is 0 Å². The minimum absolute atomic E-state index is 0.0176. The van der Waals surface area contributed by atoms with Gasteiger partial charge in [-0.2, -0.15) is 0 Å². The fourth-order valence-corrected chi connectivity index (χ4v) is 3.34. The third-order valence-corrected chi connectivity index (χ3v) is 4.06. The zero-order valence-electron chi connectivity index (χ0n) is 11.0. The highest BCUT2D eigenvalue weighted by atomic mass is 19.1. The first-order chi connectivity index (χ1) is 8.48. The average molecular weight is 252 g/mol. The summed E-state index contributed by atoms with van der Waals surface area (Å²) in [6, 6.07) is 4.82. The molecule has 1 aliphatic carbocycles. The van der Waals surface area contributed by atoms with Crippen molar-refractivity contribution in [3.05, 3.63) is 35.1 Å². The molecule has 2 N–H and O–H groups in total. The third kappa shape index (κ3) is 2.29. The molecule has 0 unspecified atom stereocenters. The summed E-state index contributed by atoms with van der Waals surface area (Å²) >= 11 is 0. The molecule has 0 aromatic heterocycles. The van der Waals surface area contributed by atoms with Gasteiger partial charge in [-0.3, -0.25) is 0 Å². The molecule has 100 valence electrons. The molecule has 18 heavy (non-hydrogen) atoms. The van der Waals surface area contributed by atoms with E-state index in [1.807, 2.05) is 0 Å². The van der Waals surface area contributed by atoms with Crippen LogP contribution in [0.25, 0.3) is 0 Å². The van der Waals surface area contributed by atoms with Gasteiger partial charge in [0.25, 0.3) is 0 Å². The Kier molecular flexibility index (Phi) is 3.74. The molecule has 3 heteroatoms. The maximum Gasteiger partial charge on any atom is 0.123 e. The number of fused-ring (bicyclic) bond motifs is 1. The number of aliphatic hydroxyl groups is 2. The van der Waals surface area contributed by atoms with E-state index in [0.29, 0.717) is 19.3 Å². The van der Waals surface area contributed by atoms with Gasteiger partial charge in [0.15, 0.2) is 0 Å². The molecule has 1 aromatic carbocycles. The summed E-state index contributed by atoms with van der Waals surface area (Å²) in [7, 11) is 0. The van der Waals surface area contributed by atoms with Crippen LogP contribution in [0.1, 0.15) is 43.7 Å². The van der Waals surface area contributed by atoms with Crippen molar-refractivity contribution >= 4 is 0 Å². The molecule has 2 atom stereocenters. The monoisotopic (exact) mass is 252 g/mol. The van der Waals surface area contributed by atoms with Gasteiger partial charge in [0.1, 0.15) is 5.82 Å². The zero-order chi connectivity index (χ0) is 13.3. The number of hydrogen-bond donors (Lipinski definition) is 2. The number of rotatable bonds is 3. The number of aryl methyl sites for hydroxylation is 1. The minimum Gasteiger partial charge on any atom is -0.396 e. The van der Waals surface area contributed by atoms with Crippen molar-refractivity contribution in [1.29, 1.82) is 0 Å². The van der Waals surface area contributed by atoms with Crippen molar-refractivity contribution in [3.8, 4) is 0 Å². The Hall–Kier alpha value is -0.930. The molecule has 0 bridgehead atoms. The molecule has 0 fully saturated rings. The van der Waals surface area contributed by atoms with Gasteiger partial charge < -0.3 is 10.2 Å². The SMILES string of the molecule is CC(C)[C@H]1c2ccc(F)cc2CC[C@@]1(O)CCO. The lowest BCUT2D eigenvalue weighted by molar-refractivity contribution is -0.0355. The Labute approximate surface area is 107 Å². The average Bonchev–Trinajstić information content (AvgIpc) is 2.29. The van der Waals surface area contributed by atoms with Crippen molar-refractivity contribution in [2.75, 3.05) is 6.61 Å². The topological polar surface area (TPSA) is 40.5 Å². The predicted octanol–water partition coefficient (Wildman–Crippen LogP) is 2.63. The van der Waals surface area contributed by atoms with Gasteiger partial charge in [-0.25, -0.2) is 4.39 Å². The van der Waals surface area contributed by atoms with Gasteiger partial charge in [0.05, 0.1) is 5.60 Å². The second-order valence-corrected chi connectivity index (χ2v) is 5.64. The predicted molar refractivity (Wildman–Crippen MR) is 69.0 cm³/mol. The molecule has 1 aliphatic rings. The van der Waals surface area contributed by atoms with Crippen LogP contribution in [0.15, 0.2) is 18.2 Å². The Morgan fingerprint density at radius 1 is 1.44 bits per heavy atom. The number of aliphatic hydroxyl groups excluding tert-OH is 1. The van der Waals surface area contributed by atoms with E-state index in [9.17, 15) is 9.50 Å². The van der Waals surface area contributed by atoms with E-state index in [1.54, 1.807) is 12.1 Å². The molecule has 0 spiro atoms. The minimum atomic E-state index is -0.867. The zero-order valence-corrected chi connectivity index (χ0v) is 11.0. The summed E-state index contributed by atoms with van der Waals surface area (Å²) in [5.41, 5.74) is 1.17. The van der Waals surface area contributed by atoms with E-state index in [1.165, 1.54) is 6.07 Å². The van der Waals surface area contributed by atoms with Gasteiger partial charge in [-0.15, -0.1) is 0 Å². The van der Waals surface area contributed by atoms with E-state index in [0.717, 1.165) is 11.1 Å². The Balaban J connectivity index is 2.45. The first kappa shape index (κ1) is 13.5. The molecule has 0 heterocycles. The number of halogens is 1. The molecule has 0 saturated heterocycles. The van der Waals surface area contributed by atoms with Crippen LogP contribution in [0.5, 0.6) is 0 Å². The van der Waals surface area contributed by atoms with E-state index < -0.39 is 5.60 Å². The van der Waals surface area contributed by atoms with Crippen LogP contribution < -0.4 is 0 Å². The van der Waals surface area contributed by atoms with Crippen molar-refractivity contribution in [2.24, 2.45) is 5.92 Å². The van der Waals surface area contributed by atoms with Crippen molar-refractivity contribution < 1.29 is 14.6 Å². The first-order valence-electron chi connectivity index (χ1n) is 6.59. The standard InChI is InChI=1S/C15H21FO2/c1-10(2)14-13-4-3-12(16)9-11(13)5-6-15(14,18)7-8-17/h3-4,9-10,14,17-18H,5-8H2,1-2H3/t14-,15+/m0/s1. The summed E-state index contributed by atoms with van der Waals surface area (Å²) in [5.74, 6) is 0.00363. The fourth-order valence-electron chi connectivity index (χ4n) is 3.34. The van der Waals surface area contributed by atoms with Crippen LogP contribution >= 0.6 is 0 Å². The molecule has 0 saturated carbocycles. The van der Waals surface area contributed by atoms with Gasteiger partial charge in [-0.05, 0) is 48.4 Å². The van der Waals surface area contributed by atoms with Crippen LogP contribution in [0.4, 0.5) is 4.39 Å². The second kappa shape index (κ2) is 4.98. The van der Waals surface area contributed by atoms with Crippen LogP contribution in [0, 0.1) is 11.7 Å². The maximum atomic E-state index is 13.3. The van der Waals surface area contributed by atoms with E-state index >= 15 is 0 Å². The highest BCUT2D eigenvalue weighted by molar-refractivity contribution is 5.36. The lowest BCUT2D eigenvalue weighted by atomic mass is 9.66. The van der Waals surface area contributed by atoms with Crippen LogP contribution in [-0.2, 0) is 6.42 Å². The normalized spacial score (nSPS) is 27.3. The van der Waals surface area contributed by atoms with Crippen molar-refractivity contribution in [1.82, 2.24) is 0 Å². The number of benzene rings is 1. The fraction of sp³-hybridized carbons (Fsp3) is 0.600. The molecule has 2 rings (SSSR count). The van der Waals surface area contributed by atoms with Crippen LogP contribution in [-0.4, -0.2) is 22.4 Å². The summed E-state index contributed by atoms with van der Waals surface area (Å²) in [4.78, 5) is 0. The third-order valence-electron chi connectivity index (χ3n) is 4.06. The molecule has 0 aliphatic heterocycles. The van der Waals surface area contributed by atoms with Crippen molar-refractivity contribution in [2.45, 2.75) is 44.6 Å². The maximum absolute atomic E-state index is 13.3. The Morgan fingerprint density at radius 2 is 2.17 bits per heavy atom. The van der Waals surface area contributed by atoms with Gasteiger partial charge >= 0.3 is 0 Å². The largest absolute Gasteiger partial charge is 0.396 e. The molecule has 1 aromatic rings. The van der Waals surface area contributed by atoms with Crippen molar-refractivity contribution in [3.63, 3.8) is 0 Å².